The largest absolute Gasteiger partial charge is 0.444 e. The lowest BCUT2D eigenvalue weighted by molar-refractivity contribution is 0.0204. The van der Waals surface area contributed by atoms with Crippen LogP contribution in [0.25, 0.3) is 5.65 Å². The zero-order chi connectivity index (χ0) is 15.7. The molecule has 0 aromatic carbocycles. The van der Waals surface area contributed by atoms with Gasteiger partial charge in [-0.05, 0) is 45.7 Å². The highest BCUT2D eigenvalue weighted by atomic mass is 16.6. The normalized spacial score (nSPS) is 17.0. The number of ether oxygens (including phenoxy) is 1. The van der Waals surface area contributed by atoms with Gasteiger partial charge in [0.25, 0.3) is 0 Å². The first kappa shape index (κ1) is 14.8. The molecule has 0 aliphatic carbocycles. The Bertz CT molecular complexity index is 666. The van der Waals surface area contributed by atoms with E-state index in [-0.39, 0.29) is 6.09 Å². The molecule has 2 aromatic heterocycles. The van der Waals surface area contributed by atoms with Crippen molar-refractivity contribution in [2.75, 3.05) is 13.1 Å². The number of piperidine rings is 1. The summed E-state index contributed by atoms with van der Waals surface area (Å²) in [6, 6.07) is 4.03. The summed E-state index contributed by atoms with van der Waals surface area (Å²) in [5.41, 5.74) is 1.48. The van der Waals surface area contributed by atoms with Gasteiger partial charge >= 0.3 is 6.09 Å². The molecule has 0 unspecified atom stereocenters. The number of carbonyl (C=O) groups excluding carboxylic acids is 1. The second kappa shape index (κ2) is 5.59. The smallest absolute Gasteiger partial charge is 0.410 e. The minimum absolute atomic E-state index is 0.219. The van der Waals surface area contributed by atoms with Gasteiger partial charge in [-0.25, -0.2) is 14.3 Å². The predicted molar refractivity (Wildman–Crippen MR) is 82.8 cm³/mol. The fourth-order valence-corrected chi connectivity index (χ4v) is 2.73. The third-order valence-corrected chi connectivity index (χ3v) is 3.84. The van der Waals surface area contributed by atoms with Crippen LogP contribution in [0.1, 0.15) is 45.2 Å². The van der Waals surface area contributed by atoms with Crippen LogP contribution in [0.3, 0.4) is 0 Å². The molecule has 1 saturated heterocycles. The molecule has 3 heterocycles. The van der Waals surface area contributed by atoms with E-state index < -0.39 is 5.60 Å². The van der Waals surface area contributed by atoms with Crippen LogP contribution in [0, 0.1) is 0 Å². The van der Waals surface area contributed by atoms with Gasteiger partial charge in [-0.3, -0.25) is 0 Å². The van der Waals surface area contributed by atoms with E-state index in [1.54, 1.807) is 15.6 Å². The van der Waals surface area contributed by atoms with Crippen molar-refractivity contribution in [1.82, 2.24) is 19.5 Å². The van der Waals surface area contributed by atoms with Crippen LogP contribution in [0.5, 0.6) is 0 Å². The summed E-state index contributed by atoms with van der Waals surface area (Å²) in [5.74, 6) is 0.380. The molecule has 22 heavy (non-hydrogen) atoms. The average Bonchev–Trinajstić information content (AvgIpc) is 2.93. The molecule has 0 N–H and O–H groups in total. The molecular formula is C16H22N4O2. The Hall–Kier alpha value is -2.11. The number of amides is 1. The molecule has 118 valence electrons. The van der Waals surface area contributed by atoms with Crippen LogP contribution in [0.4, 0.5) is 4.79 Å². The van der Waals surface area contributed by atoms with Gasteiger partial charge in [0, 0.05) is 31.4 Å². The van der Waals surface area contributed by atoms with E-state index in [0.717, 1.165) is 24.2 Å². The fraction of sp³-hybridized carbons (Fsp3) is 0.562. The molecule has 0 bridgehead atoms. The van der Waals surface area contributed by atoms with Crippen LogP contribution < -0.4 is 0 Å². The molecule has 1 amide bonds. The number of imidazole rings is 1. The topological polar surface area (TPSA) is 59.7 Å². The van der Waals surface area contributed by atoms with Crippen molar-refractivity contribution in [2.45, 2.75) is 45.1 Å². The molecule has 6 nitrogen and oxygen atoms in total. The van der Waals surface area contributed by atoms with E-state index in [1.807, 2.05) is 39.1 Å². The zero-order valence-corrected chi connectivity index (χ0v) is 13.3. The summed E-state index contributed by atoms with van der Waals surface area (Å²) in [6.45, 7) is 7.10. The Morgan fingerprint density at radius 2 is 2.00 bits per heavy atom. The Kier molecular flexibility index (Phi) is 3.76. The molecule has 0 atom stereocenters. The highest BCUT2D eigenvalue weighted by Crippen LogP contribution is 2.27. The first-order valence-corrected chi connectivity index (χ1v) is 7.70. The van der Waals surface area contributed by atoms with Crippen molar-refractivity contribution in [3.63, 3.8) is 0 Å². The predicted octanol–water partition coefficient (Wildman–Crippen LogP) is 2.84. The van der Waals surface area contributed by atoms with Crippen molar-refractivity contribution in [3.05, 3.63) is 30.2 Å². The quantitative estimate of drug-likeness (QED) is 0.812. The first-order valence-electron chi connectivity index (χ1n) is 7.70. The van der Waals surface area contributed by atoms with E-state index in [4.69, 9.17) is 4.74 Å². The van der Waals surface area contributed by atoms with Gasteiger partial charge < -0.3 is 9.64 Å². The van der Waals surface area contributed by atoms with Crippen LogP contribution in [-0.2, 0) is 4.74 Å². The number of aromatic nitrogens is 3. The van der Waals surface area contributed by atoms with E-state index in [0.29, 0.717) is 19.0 Å². The van der Waals surface area contributed by atoms with E-state index in [2.05, 4.69) is 10.1 Å². The maximum Gasteiger partial charge on any atom is 0.410 e. The summed E-state index contributed by atoms with van der Waals surface area (Å²) < 4.78 is 7.23. The number of rotatable bonds is 1. The minimum atomic E-state index is -0.443. The zero-order valence-electron chi connectivity index (χ0n) is 13.3. The fourth-order valence-electron chi connectivity index (χ4n) is 2.73. The van der Waals surface area contributed by atoms with Crippen LogP contribution in [0.15, 0.2) is 24.5 Å². The lowest BCUT2D eigenvalue weighted by Crippen LogP contribution is -2.41. The molecule has 1 fully saturated rings. The number of carbonyl (C=O) groups is 1. The summed E-state index contributed by atoms with van der Waals surface area (Å²) in [5, 5.41) is 4.61. The number of hydrogen-bond donors (Lipinski definition) is 0. The number of nitrogens with zero attached hydrogens (tertiary/aromatic N) is 4. The lowest BCUT2D eigenvalue weighted by Gasteiger charge is -2.33. The summed E-state index contributed by atoms with van der Waals surface area (Å²) in [7, 11) is 0. The van der Waals surface area contributed by atoms with Gasteiger partial charge in [0.1, 0.15) is 5.60 Å². The van der Waals surface area contributed by atoms with Gasteiger partial charge in [0.15, 0.2) is 5.65 Å². The van der Waals surface area contributed by atoms with Gasteiger partial charge in [-0.15, -0.1) is 0 Å². The maximum absolute atomic E-state index is 12.1. The first-order chi connectivity index (χ1) is 10.4. The second-order valence-electron chi connectivity index (χ2n) is 6.73. The minimum Gasteiger partial charge on any atom is -0.444 e. The van der Waals surface area contributed by atoms with Crippen molar-refractivity contribution in [2.24, 2.45) is 0 Å². The molecule has 0 saturated carbocycles. The highest BCUT2D eigenvalue weighted by Gasteiger charge is 2.28. The molecule has 1 aliphatic heterocycles. The lowest BCUT2D eigenvalue weighted by atomic mass is 9.93. The maximum atomic E-state index is 12.1. The Labute approximate surface area is 130 Å². The van der Waals surface area contributed by atoms with Crippen LogP contribution in [0.2, 0.25) is 0 Å². The van der Waals surface area contributed by atoms with Crippen molar-refractivity contribution in [1.29, 1.82) is 0 Å². The third-order valence-electron chi connectivity index (χ3n) is 3.84. The molecule has 0 radical (unpaired) electrons. The average molecular weight is 302 g/mol. The van der Waals surface area contributed by atoms with Crippen LogP contribution in [-0.4, -0.2) is 44.3 Å². The Morgan fingerprint density at radius 3 is 2.68 bits per heavy atom. The summed E-state index contributed by atoms with van der Waals surface area (Å²) >= 11 is 0. The molecule has 1 aliphatic rings. The molecule has 0 spiro atoms. The number of likely N-dealkylation sites (tertiary alicyclic amines) is 1. The highest BCUT2D eigenvalue weighted by molar-refractivity contribution is 5.68. The standard InChI is InChI=1S/C16H22N4O2/c1-16(2,3)22-15(21)19-9-6-12(7-10-19)13-4-5-14-17-8-11-20(14)18-13/h4-5,8,11-12H,6-7,9-10H2,1-3H3. The van der Waals surface area contributed by atoms with E-state index in [1.165, 1.54) is 0 Å². The van der Waals surface area contributed by atoms with E-state index in [9.17, 15) is 4.79 Å². The molecular weight excluding hydrogens is 280 g/mol. The Balaban J connectivity index is 1.62. The van der Waals surface area contributed by atoms with Crippen molar-refractivity contribution < 1.29 is 9.53 Å². The van der Waals surface area contributed by atoms with Gasteiger partial charge in [-0.1, -0.05) is 0 Å². The number of hydrogen-bond acceptors (Lipinski definition) is 4. The van der Waals surface area contributed by atoms with E-state index >= 15 is 0 Å². The third kappa shape index (κ3) is 3.21. The SMILES string of the molecule is CC(C)(C)OC(=O)N1CCC(c2ccc3nccn3n2)CC1. The van der Waals surface area contributed by atoms with Gasteiger partial charge in [0.05, 0.1) is 5.69 Å². The summed E-state index contributed by atoms with van der Waals surface area (Å²) in [4.78, 5) is 18.1. The second-order valence-corrected chi connectivity index (χ2v) is 6.73. The molecule has 3 rings (SSSR count). The number of fused-ring (bicyclic) bond motifs is 1. The summed E-state index contributed by atoms with van der Waals surface area (Å²) in [6.07, 6.45) is 5.20. The molecule has 6 heteroatoms. The monoisotopic (exact) mass is 302 g/mol. The van der Waals surface area contributed by atoms with Crippen molar-refractivity contribution >= 4 is 11.7 Å². The Morgan fingerprint density at radius 1 is 1.27 bits per heavy atom. The van der Waals surface area contributed by atoms with Gasteiger partial charge in [0.2, 0.25) is 0 Å². The van der Waals surface area contributed by atoms with Crippen molar-refractivity contribution in [3.8, 4) is 0 Å². The van der Waals surface area contributed by atoms with Crippen LogP contribution >= 0.6 is 0 Å². The molecule has 2 aromatic rings. The van der Waals surface area contributed by atoms with Gasteiger partial charge in [-0.2, -0.15) is 5.10 Å².